The second kappa shape index (κ2) is 6.40. The summed E-state index contributed by atoms with van der Waals surface area (Å²) in [5.74, 6) is 0. The third-order valence-corrected chi connectivity index (χ3v) is 2.00. The quantitative estimate of drug-likeness (QED) is 0.646. The molecule has 0 aliphatic rings. The molecule has 0 saturated carbocycles. The number of methoxy groups -OCH3 is 1. The van der Waals surface area contributed by atoms with Crippen molar-refractivity contribution in [3.63, 3.8) is 0 Å². The molecule has 0 heterocycles. The zero-order chi connectivity index (χ0) is 9.56. The first-order chi connectivity index (χ1) is 5.57. The van der Waals surface area contributed by atoms with E-state index in [9.17, 15) is 5.11 Å². The molecule has 0 aromatic carbocycles. The van der Waals surface area contributed by atoms with Gasteiger partial charge in [-0.15, -0.1) is 0 Å². The summed E-state index contributed by atoms with van der Waals surface area (Å²) < 4.78 is 5.00. The fourth-order valence-electron chi connectivity index (χ4n) is 1.23. The number of ether oxygens (including phenoxy) is 1. The molecule has 0 fully saturated rings. The molecule has 0 aliphatic carbocycles. The standard InChI is InChI=1S/C9H21NO2/c1-8(11)7-9(10(2)3)5-6-12-4/h8-9,11H,5-7H2,1-4H3. The lowest BCUT2D eigenvalue weighted by Crippen LogP contribution is -2.32. The van der Waals surface area contributed by atoms with Crippen LogP contribution in [0.2, 0.25) is 0 Å². The monoisotopic (exact) mass is 175 g/mol. The molecule has 2 unspecified atom stereocenters. The highest BCUT2D eigenvalue weighted by molar-refractivity contribution is 4.68. The van der Waals surface area contributed by atoms with Crippen molar-refractivity contribution in [3.8, 4) is 0 Å². The lowest BCUT2D eigenvalue weighted by Gasteiger charge is -2.25. The smallest absolute Gasteiger partial charge is 0.0527 e. The average Bonchev–Trinajstić information content (AvgIpc) is 1.96. The Bertz CT molecular complexity index is 105. The maximum absolute atomic E-state index is 9.20. The first kappa shape index (κ1) is 11.9. The van der Waals surface area contributed by atoms with Crippen LogP contribution >= 0.6 is 0 Å². The molecule has 0 aliphatic heterocycles. The van der Waals surface area contributed by atoms with E-state index >= 15 is 0 Å². The van der Waals surface area contributed by atoms with E-state index in [-0.39, 0.29) is 6.10 Å². The van der Waals surface area contributed by atoms with Gasteiger partial charge in [0.1, 0.15) is 0 Å². The Morgan fingerprint density at radius 2 is 2.00 bits per heavy atom. The highest BCUT2D eigenvalue weighted by atomic mass is 16.5. The molecule has 12 heavy (non-hydrogen) atoms. The summed E-state index contributed by atoms with van der Waals surface area (Å²) in [5.41, 5.74) is 0. The van der Waals surface area contributed by atoms with Gasteiger partial charge in [0, 0.05) is 19.8 Å². The van der Waals surface area contributed by atoms with E-state index in [0.717, 1.165) is 19.4 Å². The Hall–Kier alpha value is -0.120. The van der Waals surface area contributed by atoms with Crippen LogP contribution in [0.1, 0.15) is 19.8 Å². The normalized spacial score (nSPS) is 16.5. The van der Waals surface area contributed by atoms with Crippen LogP contribution in [0.3, 0.4) is 0 Å². The summed E-state index contributed by atoms with van der Waals surface area (Å²) >= 11 is 0. The molecular formula is C9H21NO2. The van der Waals surface area contributed by atoms with Crippen LogP contribution in [0.4, 0.5) is 0 Å². The second-order valence-electron chi connectivity index (χ2n) is 3.48. The van der Waals surface area contributed by atoms with Crippen molar-refractivity contribution in [2.24, 2.45) is 0 Å². The van der Waals surface area contributed by atoms with Crippen LogP contribution in [0, 0.1) is 0 Å². The van der Waals surface area contributed by atoms with Gasteiger partial charge in [-0.05, 0) is 33.9 Å². The van der Waals surface area contributed by atoms with Gasteiger partial charge in [0.05, 0.1) is 6.10 Å². The summed E-state index contributed by atoms with van der Waals surface area (Å²) in [5, 5.41) is 9.20. The van der Waals surface area contributed by atoms with Crippen molar-refractivity contribution in [2.75, 3.05) is 27.8 Å². The Balaban J connectivity index is 3.70. The Morgan fingerprint density at radius 1 is 1.42 bits per heavy atom. The Morgan fingerprint density at radius 3 is 2.33 bits per heavy atom. The molecule has 0 saturated heterocycles. The predicted octanol–water partition coefficient (Wildman–Crippen LogP) is 0.724. The number of aliphatic hydroxyl groups excluding tert-OH is 1. The van der Waals surface area contributed by atoms with Gasteiger partial charge in [0.25, 0.3) is 0 Å². The minimum atomic E-state index is -0.228. The van der Waals surface area contributed by atoms with Crippen LogP contribution in [0.25, 0.3) is 0 Å². The number of hydrogen-bond donors (Lipinski definition) is 1. The first-order valence-corrected chi connectivity index (χ1v) is 4.41. The van der Waals surface area contributed by atoms with Crippen molar-refractivity contribution in [3.05, 3.63) is 0 Å². The third-order valence-electron chi connectivity index (χ3n) is 2.00. The van der Waals surface area contributed by atoms with Crippen LogP contribution in [0.15, 0.2) is 0 Å². The number of aliphatic hydroxyl groups is 1. The van der Waals surface area contributed by atoms with E-state index in [1.165, 1.54) is 0 Å². The highest BCUT2D eigenvalue weighted by Crippen LogP contribution is 2.07. The molecule has 0 rings (SSSR count). The van der Waals surface area contributed by atoms with Gasteiger partial charge in [-0.3, -0.25) is 0 Å². The van der Waals surface area contributed by atoms with E-state index in [1.54, 1.807) is 7.11 Å². The van der Waals surface area contributed by atoms with Crippen LogP contribution in [-0.2, 0) is 4.74 Å². The summed E-state index contributed by atoms with van der Waals surface area (Å²) in [6.07, 6.45) is 1.57. The van der Waals surface area contributed by atoms with E-state index in [4.69, 9.17) is 4.74 Å². The van der Waals surface area contributed by atoms with Crippen LogP contribution in [0.5, 0.6) is 0 Å². The molecule has 0 amide bonds. The van der Waals surface area contributed by atoms with Crippen LogP contribution in [-0.4, -0.2) is 50.0 Å². The zero-order valence-corrected chi connectivity index (χ0v) is 8.58. The van der Waals surface area contributed by atoms with Crippen molar-refractivity contribution in [1.29, 1.82) is 0 Å². The van der Waals surface area contributed by atoms with E-state index in [2.05, 4.69) is 4.90 Å². The van der Waals surface area contributed by atoms with Gasteiger partial charge in [-0.25, -0.2) is 0 Å². The molecule has 0 bridgehead atoms. The van der Waals surface area contributed by atoms with Gasteiger partial charge >= 0.3 is 0 Å². The Kier molecular flexibility index (Phi) is 6.34. The molecule has 1 N–H and O–H groups in total. The molecule has 3 nitrogen and oxygen atoms in total. The van der Waals surface area contributed by atoms with E-state index in [0.29, 0.717) is 6.04 Å². The third kappa shape index (κ3) is 5.52. The van der Waals surface area contributed by atoms with Gasteiger partial charge in [0.15, 0.2) is 0 Å². The van der Waals surface area contributed by atoms with Crippen LogP contribution < -0.4 is 0 Å². The molecule has 74 valence electrons. The van der Waals surface area contributed by atoms with Gasteiger partial charge in [0.2, 0.25) is 0 Å². The molecule has 0 spiro atoms. The van der Waals surface area contributed by atoms with Crippen molar-refractivity contribution in [2.45, 2.75) is 31.9 Å². The molecule has 0 radical (unpaired) electrons. The maximum Gasteiger partial charge on any atom is 0.0527 e. The minimum absolute atomic E-state index is 0.228. The largest absolute Gasteiger partial charge is 0.393 e. The number of hydrogen-bond acceptors (Lipinski definition) is 3. The van der Waals surface area contributed by atoms with Crippen molar-refractivity contribution in [1.82, 2.24) is 4.90 Å². The Labute approximate surface area is 75.3 Å². The molecular weight excluding hydrogens is 154 g/mol. The first-order valence-electron chi connectivity index (χ1n) is 4.41. The van der Waals surface area contributed by atoms with Crippen molar-refractivity contribution >= 4 is 0 Å². The number of rotatable bonds is 6. The lowest BCUT2D eigenvalue weighted by atomic mass is 10.1. The van der Waals surface area contributed by atoms with E-state index < -0.39 is 0 Å². The predicted molar refractivity (Wildman–Crippen MR) is 50.3 cm³/mol. The summed E-state index contributed by atoms with van der Waals surface area (Å²) in [4.78, 5) is 2.13. The molecule has 2 atom stereocenters. The minimum Gasteiger partial charge on any atom is -0.393 e. The van der Waals surface area contributed by atoms with Gasteiger partial charge in [-0.1, -0.05) is 0 Å². The number of nitrogens with zero attached hydrogens (tertiary/aromatic N) is 1. The van der Waals surface area contributed by atoms with Gasteiger partial charge in [-0.2, -0.15) is 0 Å². The lowest BCUT2D eigenvalue weighted by molar-refractivity contribution is 0.109. The SMILES string of the molecule is COCCC(CC(C)O)N(C)C. The van der Waals surface area contributed by atoms with Gasteiger partial charge < -0.3 is 14.7 Å². The fourth-order valence-corrected chi connectivity index (χ4v) is 1.23. The summed E-state index contributed by atoms with van der Waals surface area (Å²) in [7, 11) is 5.76. The molecule has 0 aromatic rings. The molecule has 3 heteroatoms. The van der Waals surface area contributed by atoms with E-state index in [1.807, 2.05) is 21.0 Å². The topological polar surface area (TPSA) is 32.7 Å². The summed E-state index contributed by atoms with van der Waals surface area (Å²) in [6.45, 7) is 2.58. The maximum atomic E-state index is 9.20. The summed E-state index contributed by atoms with van der Waals surface area (Å²) in [6, 6.07) is 0.421. The zero-order valence-electron chi connectivity index (χ0n) is 8.58. The van der Waals surface area contributed by atoms with Crippen molar-refractivity contribution < 1.29 is 9.84 Å². The molecule has 0 aromatic heterocycles. The second-order valence-corrected chi connectivity index (χ2v) is 3.48. The fraction of sp³-hybridized carbons (Fsp3) is 1.00. The highest BCUT2D eigenvalue weighted by Gasteiger charge is 2.13. The average molecular weight is 175 g/mol.